The molecular weight excluding hydrogens is 974 g/mol. The summed E-state index contributed by atoms with van der Waals surface area (Å²) in [7, 11) is -4.43. The molecule has 0 bridgehead atoms. The Morgan fingerprint density at radius 1 is 0.245 bits per heavy atom. The van der Waals surface area contributed by atoms with Gasteiger partial charge < -0.3 is 0 Å². The van der Waals surface area contributed by atoms with E-state index in [2.05, 4.69) is 199 Å². The lowest BCUT2D eigenvalue weighted by Crippen LogP contribution is -2.99. The van der Waals surface area contributed by atoms with E-state index >= 15 is 0 Å². The molecule has 8 radical (unpaired) electrons. The largest absolute Gasteiger partial charge is 0.0721 e. The summed E-state index contributed by atoms with van der Waals surface area (Å²) < 4.78 is 0. The molecule has 0 N–H and O–H groups in total. The van der Waals surface area contributed by atoms with Crippen molar-refractivity contribution >= 4 is 151 Å². The van der Waals surface area contributed by atoms with Gasteiger partial charge in [-0.2, -0.15) is 0 Å². The minimum absolute atomic E-state index is 0.768. The Kier molecular flexibility index (Phi) is 10.7. The second-order valence-corrected chi connectivity index (χ2v) is 280. The molecule has 0 aliphatic carbocycles. The molecule has 0 saturated carbocycles. The Labute approximate surface area is 356 Å². The van der Waals surface area contributed by atoms with Crippen molar-refractivity contribution in [1.29, 1.82) is 0 Å². The maximum Gasteiger partial charge on any atom is 0.0297 e. The minimum Gasteiger partial charge on any atom is -0.0721 e. The van der Waals surface area contributed by atoms with Gasteiger partial charge in [0.05, 0.1) is 0 Å². The topological polar surface area (TPSA) is 0 Å². The van der Waals surface area contributed by atoms with E-state index in [0.717, 1.165) is 10.1 Å². The molecule has 302 valence electrons. The Balaban J connectivity index is 2.32. The molecule has 0 aromatic rings. The fourth-order valence-electron chi connectivity index (χ4n) is 20.4. The van der Waals surface area contributed by atoms with Crippen molar-refractivity contribution in [3.8, 4) is 0 Å². The Bertz CT molecular complexity index is 1310. The first-order valence-electron chi connectivity index (χ1n) is 21.8. The molecule has 5 heterocycles. The van der Waals surface area contributed by atoms with Crippen molar-refractivity contribution in [3.05, 3.63) is 0 Å². The monoisotopic (exact) mass is 1060 g/mol. The average Bonchev–Trinajstić information content (AvgIpc) is 3.59. The molecule has 3 spiro atoms. The van der Waals surface area contributed by atoms with Crippen LogP contribution in [0.15, 0.2) is 0 Å². The number of fused-ring (bicyclic) bond motifs is 3. The first-order chi connectivity index (χ1) is 22.7. The van der Waals surface area contributed by atoms with Crippen LogP contribution in [0.1, 0.15) is 41.5 Å². The number of hydrogen-bond donors (Lipinski definition) is 0. The van der Waals surface area contributed by atoms with Crippen LogP contribution in [0.4, 0.5) is 0 Å². The van der Waals surface area contributed by atoms with Crippen LogP contribution in [0.3, 0.4) is 0 Å². The van der Waals surface area contributed by atoms with Crippen LogP contribution in [-0.4, -0.2) is 151 Å². The van der Waals surface area contributed by atoms with Gasteiger partial charge in [-0.05, 0) is 0 Å². The van der Waals surface area contributed by atoms with Crippen molar-refractivity contribution in [2.45, 2.75) is 209 Å². The van der Waals surface area contributed by atoms with E-state index < -0.39 is 117 Å². The SMILES string of the molecule is CC(C)(C)[Si@@]12[Si]3([Si]([Si](C)(C)C)([Si](C)(C)C)[Si][Si][Si]3([Si](C)(C)C)[Si](C)(C)C)[Si]13[Si]1([Si]([Si](C)(C)C)([Si](C)(C)C)[Si][Si][Si]1([Si](C)(C)C)[Si](C)(C)C)[Si@]32C(C)(C)C. The molecule has 2 atom stereocenters. The summed E-state index contributed by atoms with van der Waals surface area (Å²) in [5.41, 5.74) is 0. The molecule has 0 unspecified atom stereocenters. The Hall–Kier alpha value is 4.55. The minimum atomic E-state index is -1.43. The van der Waals surface area contributed by atoms with Crippen LogP contribution in [0.25, 0.3) is 0 Å². The summed E-state index contributed by atoms with van der Waals surface area (Å²) in [6.07, 6.45) is -9.88. The van der Waals surface area contributed by atoms with Crippen LogP contribution >= 0.6 is 0 Å². The second kappa shape index (κ2) is 11.6. The average molecular weight is 1060 g/mol. The fraction of sp³-hybridized carbons (Fsp3) is 1.00. The molecule has 5 fully saturated rings. The zero-order valence-electron chi connectivity index (χ0n) is 41.5. The van der Waals surface area contributed by atoms with Gasteiger partial charge in [0.25, 0.3) is 0 Å². The normalized spacial score (nSPS) is 34.3. The lowest BCUT2D eigenvalue weighted by atomic mass is 10.2. The highest BCUT2D eigenvalue weighted by atomic mass is 31.3. The highest BCUT2D eigenvalue weighted by Gasteiger charge is 3.40. The van der Waals surface area contributed by atoms with Gasteiger partial charge in [0.2, 0.25) is 0 Å². The molecule has 5 aliphatic heterocycles. The molecule has 53 heavy (non-hydrogen) atoms. The molecule has 21 heteroatoms. The lowest BCUT2D eigenvalue weighted by Gasteiger charge is -2.68. The molecule has 0 aromatic carbocycles. The lowest BCUT2D eigenvalue weighted by molar-refractivity contribution is 0.735. The predicted molar refractivity (Wildman–Crippen MR) is 301 cm³/mol. The molecule has 5 aliphatic rings. The van der Waals surface area contributed by atoms with Crippen LogP contribution in [-0.2, 0) is 0 Å². The van der Waals surface area contributed by atoms with E-state index in [1.54, 1.807) is 34.2 Å². The summed E-state index contributed by atoms with van der Waals surface area (Å²) in [6, 6.07) is 0. The van der Waals surface area contributed by atoms with Gasteiger partial charge in [0.15, 0.2) is 0 Å². The zero-order valence-corrected chi connectivity index (χ0v) is 62.5. The second-order valence-electron chi connectivity index (χ2n) is 29.8. The Morgan fingerprint density at radius 3 is 0.472 bits per heavy atom. The molecule has 5 saturated heterocycles. The maximum absolute atomic E-state index is 3.19. The van der Waals surface area contributed by atoms with Gasteiger partial charge in [0.1, 0.15) is 0 Å². The number of rotatable bonds is 8. The van der Waals surface area contributed by atoms with Crippen LogP contribution < -0.4 is 0 Å². The fourth-order valence-corrected chi connectivity index (χ4v) is 2040. The van der Waals surface area contributed by atoms with Crippen LogP contribution in [0, 0.1) is 0 Å². The van der Waals surface area contributed by atoms with Gasteiger partial charge in [-0.3, -0.25) is 0 Å². The Morgan fingerprint density at radius 2 is 0.377 bits per heavy atom. The smallest absolute Gasteiger partial charge is 0.0297 e. The van der Waals surface area contributed by atoms with E-state index in [1.165, 1.54) is 0 Å². The van der Waals surface area contributed by atoms with Crippen molar-refractivity contribution in [1.82, 2.24) is 0 Å². The van der Waals surface area contributed by atoms with E-state index in [9.17, 15) is 0 Å². The molecule has 0 amide bonds. The van der Waals surface area contributed by atoms with Crippen molar-refractivity contribution in [3.63, 3.8) is 0 Å². The van der Waals surface area contributed by atoms with E-state index in [0.29, 0.717) is 0 Å². The third-order valence-corrected chi connectivity index (χ3v) is 741. The quantitative estimate of drug-likeness (QED) is 0.213. The first kappa shape index (κ1) is 48.6. The van der Waals surface area contributed by atoms with Gasteiger partial charge in [0, 0.05) is 151 Å². The van der Waals surface area contributed by atoms with Gasteiger partial charge in [-0.25, -0.2) is 0 Å². The third kappa shape index (κ3) is 4.14. The molecule has 0 nitrogen and oxygen atoms in total. The highest BCUT2D eigenvalue weighted by molar-refractivity contribution is 9.04. The van der Waals surface area contributed by atoms with E-state index in [-0.39, 0.29) is 0 Å². The molecule has 5 rings (SSSR count). The van der Waals surface area contributed by atoms with E-state index in [4.69, 9.17) is 0 Å². The first-order valence-corrected chi connectivity index (χ1v) is 96.8. The van der Waals surface area contributed by atoms with Crippen LogP contribution in [0.2, 0.25) is 167 Å². The summed E-state index contributed by atoms with van der Waals surface area (Å²) in [6.45, 7) is 92.6. The summed E-state index contributed by atoms with van der Waals surface area (Å²) in [4.78, 5) is 0. The standard InChI is InChI=1S/C32H90Si21/c1-31(2,3)45-46(32(4,5)6)51(45,52(45)47(37(7,8)9,38(10,11)12)33-34-48(52,39(13,14)15)40(16,17)18)53(46)49(41(19,20)21,42(22,23)24)35-36-50(53,43(25,26)27)44(28,29)30/h1-30H3/t45-,46-,51?/m0/s1. The summed E-state index contributed by atoms with van der Waals surface area (Å²) in [5, 5.41) is 1.54. The van der Waals surface area contributed by atoms with Gasteiger partial charge in [-0.1, -0.05) is 209 Å². The van der Waals surface area contributed by atoms with Crippen molar-refractivity contribution < 1.29 is 0 Å². The van der Waals surface area contributed by atoms with Crippen LogP contribution in [0.5, 0.6) is 0 Å². The van der Waals surface area contributed by atoms with Crippen molar-refractivity contribution in [2.75, 3.05) is 0 Å². The molecule has 0 aromatic heterocycles. The zero-order chi connectivity index (χ0) is 42.3. The highest BCUT2D eigenvalue weighted by Crippen LogP contribution is 3.07. The van der Waals surface area contributed by atoms with Gasteiger partial charge >= 0.3 is 0 Å². The molecular formula is C32H90Si21. The van der Waals surface area contributed by atoms with E-state index in [1.807, 2.05) is 0 Å². The van der Waals surface area contributed by atoms with Crippen molar-refractivity contribution in [2.24, 2.45) is 0 Å². The number of hydrogen-bond acceptors (Lipinski definition) is 0. The third-order valence-electron chi connectivity index (χ3n) is 18.1. The summed E-state index contributed by atoms with van der Waals surface area (Å²) >= 11 is 0. The van der Waals surface area contributed by atoms with Gasteiger partial charge in [-0.15, -0.1) is 0 Å². The summed E-state index contributed by atoms with van der Waals surface area (Å²) in [5.74, 6) is 0. The predicted octanol–water partition coefficient (Wildman–Crippen LogP) is 9.52. The maximum atomic E-state index is 3.19.